The molecule has 158 valence electrons. The number of aryl methyl sites for hydroxylation is 2. The van der Waals surface area contributed by atoms with Crippen molar-refractivity contribution in [3.63, 3.8) is 0 Å². The lowest BCUT2D eigenvalue weighted by Crippen LogP contribution is -2.49. The van der Waals surface area contributed by atoms with Gasteiger partial charge in [0.2, 0.25) is 10.0 Å². The first-order valence-corrected chi connectivity index (χ1v) is 11.7. The molecule has 0 unspecified atom stereocenters. The van der Waals surface area contributed by atoms with Gasteiger partial charge in [0.05, 0.1) is 11.4 Å². The predicted octanol–water partition coefficient (Wildman–Crippen LogP) is 1.42. The van der Waals surface area contributed by atoms with Crippen LogP contribution in [-0.4, -0.2) is 71.7 Å². The lowest BCUT2D eigenvalue weighted by atomic mass is 10.3. The molecule has 0 radical (unpaired) electrons. The fourth-order valence-electron chi connectivity index (χ4n) is 4.28. The molecule has 4 heterocycles. The highest BCUT2D eigenvalue weighted by atomic mass is 32.2. The molecule has 2 fully saturated rings. The SMILES string of the molecule is CCn1nc(C)c(S(=O)(=O)N2CCN(c3cc(N4CCCC4)ncn3)CC2)c1C. The van der Waals surface area contributed by atoms with E-state index < -0.39 is 10.0 Å². The quantitative estimate of drug-likeness (QED) is 0.724. The summed E-state index contributed by atoms with van der Waals surface area (Å²) < 4.78 is 29.8. The molecule has 9 nitrogen and oxygen atoms in total. The molecule has 0 N–H and O–H groups in total. The van der Waals surface area contributed by atoms with E-state index in [-0.39, 0.29) is 0 Å². The van der Waals surface area contributed by atoms with Gasteiger partial charge in [0.25, 0.3) is 0 Å². The van der Waals surface area contributed by atoms with E-state index in [0.717, 1.165) is 24.7 Å². The standard InChI is InChI=1S/C19H29N7O2S/c1-4-26-16(3)19(15(2)22-26)29(27,28)25-11-9-24(10-12-25)18-13-17(20-14-21-18)23-7-5-6-8-23/h13-14H,4-12H2,1-3H3. The zero-order valence-corrected chi connectivity index (χ0v) is 18.2. The van der Waals surface area contributed by atoms with E-state index in [2.05, 4.69) is 24.9 Å². The van der Waals surface area contributed by atoms with Crippen molar-refractivity contribution in [2.75, 3.05) is 49.1 Å². The number of piperazine rings is 1. The molecule has 2 aliphatic rings. The van der Waals surface area contributed by atoms with Crippen LogP contribution in [-0.2, 0) is 16.6 Å². The highest BCUT2D eigenvalue weighted by molar-refractivity contribution is 7.89. The van der Waals surface area contributed by atoms with Gasteiger partial charge in [0, 0.05) is 51.9 Å². The Kier molecular flexibility index (Phi) is 5.48. The van der Waals surface area contributed by atoms with Crippen molar-refractivity contribution in [1.29, 1.82) is 0 Å². The third kappa shape index (κ3) is 3.71. The highest BCUT2D eigenvalue weighted by Gasteiger charge is 2.33. The monoisotopic (exact) mass is 419 g/mol. The van der Waals surface area contributed by atoms with Crippen LogP contribution in [0, 0.1) is 13.8 Å². The molecule has 10 heteroatoms. The fraction of sp³-hybridized carbons (Fsp3) is 0.632. The Labute approximate surface area is 172 Å². The Hall–Kier alpha value is -2.20. The van der Waals surface area contributed by atoms with Crippen LogP contribution in [0.1, 0.15) is 31.2 Å². The number of nitrogens with zero attached hydrogens (tertiary/aromatic N) is 7. The third-order valence-corrected chi connectivity index (χ3v) is 8.00. The molecule has 0 aliphatic carbocycles. The lowest BCUT2D eigenvalue weighted by molar-refractivity contribution is 0.383. The number of aromatic nitrogens is 4. The maximum Gasteiger partial charge on any atom is 0.246 e. The van der Waals surface area contributed by atoms with Crippen LogP contribution in [0.3, 0.4) is 0 Å². The average molecular weight is 420 g/mol. The second-order valence-corrected chi connectivity index (χ2v) is 9.51. The Morgan fingerprint density at radius 1 is 0.931 bits per heavy atom. The van der Waals surface area contributed by atoms with Gasteiger partial charge in [0.1, 0.15) is 22.9 Å². The zero-order chi connectivity index (χ0) is 20.6. The first-order valence-electron chi connectivity index (χ1n) is 10.3. The molecule has 29 heavy (non-hydrogen) atoms. The van der Waals surface area contributed by atoms with Crippen molar-refractivity contribution in [2.45, 2.75) is 45.1 Å². The third-order valence-electron chi connectivity index (χ3n) is 5.84. The molecule has 0 spiro atoms. The highest BCUT2D eigenvalue weighted by Crippen LogP contribution is 2.26. The summed E-state index contributed by atoms with van der Waals surface area (Å²) in [4.78, 5) is 13.6. The van der Waals surface area contributed by atoms with Gasteiger partial charge in [-0.05, 0) is 33.6 Å². The van der Waals surface area contributed by atoms with Gasteiger partial charge < -0.3 is 9.80 Å². The summed E-state index contributed by atoms with van der Waals surface area (Å²) in [6.07, 6.45) is 4.00. The van der Waals surface area contributed by atoms with E-state index >= 15 is 0 Å². The van der Waals surface area contributed by atoms with E-state index in [1.54, 1.807) is 22.2 Å². The van der Waals surface area contributed by atoms with Crippen LogP contribution in [0.2, 0.25) is 0 Å². The largest absolute Gasteiger partial charge is 0.356 e. The molecule has 2 saturated heterocycles. The molecular weight excluding hydrogens is 390 g/mol. The predicted molar refractivity (Wildman–Crippen MR) is 112 cm³/mol. The average Bonchev–Trinajstić information content (AvgIpc) is 3.36. The number of sulfonamides is 1. The van der Waals surface area contributed by atoms with Crippen molar-refractivity contribution >= 4 is 21.7 Å². The Morgan fingerprint density at radius 2 is 1.52 bits per heavy atom. The molecular formula is C19H29N7O2S. The van der Waals surface area contributed by atoms with E-state index in [1.807, 2.05) is 19.9 Å². The molecule has 0 bridgehead atoms. The van der Waals surface area contributed by atoms with Gasteiger partial charge in [-0.25, -0.2) is 18.4 Å². The van der Waals surface area contributed by atoms with E-state index in [4.69, 9.17) is 0 Å². The fourth-order valence-corrected chi connectivity index (χ4v) is 6.07. The van der Waals surface area contributed by atoms with Gasteiger partial charge in [-0.3, -0.25) is 4.68 Å². The molecule has 0 atom stereocenters. The first kappa shape index (κ1) is 20.1. The number of rotatable bonds is 5. The summed E-state index contributed by atoms with van der Waals surface area (Å²) in [6.45, 7) is 10.4. The molecule has 2 aliphatic heterocycles. The maximum atomic E-state index is 13.3. The summed E-state index contributed by atoms with van der Waals surface area (Å²) in [7, 11) is -3.56. The normalized spacial score (nSPS) is 18.6. The number of anilines is 2. The van der Waals surface area contributed by atoms with Crippen LogP contribution in [0.15, 0.2) is 17.3 Å². The molecule has 2 aromatic heterocycles. The van der Waals surface area contributed by atoms with Crippen LogP contribution in [0.25, 0.3) is 0 Å². The topological polar surface area (TPSA) is 87.5 Å². The zero-order valence-electron chi connectivity index (χ0n) is 17.4. The molecule has 0 saturated carbocycles. The Bertz CT molecular complexity index is 974. The van der Waals surface area contributed by atoms with Crippen molar-refractivity contribution in [3.8, 4) is 0 Å². The minimum absolute atomic E-state index is 0.353. The van der Waals surface area contributed by atoms with Crippen molar-refractivity contribution in [1.82, 2.24) is 24.1 Å². The van der Waals surface area contributed by atoms with Crippen molar-refractivity contribution in [2.24, 2.45) is 0 Å². The minimum atomic E-state index is -3.56. The van der Waals surface area contributed by atoms with Gasteiger partial charge >= 0.3 is 0 Å². The smallest absolute Gasteiger partial charge is 0.246 e. The van der Waals surface area contributed by atoms with Crippen molar-refractivity contribution in [3.05, 3.63) is 23.8 Å². The van der Waals surface area contributed by atoms with Gasteiger partial charge in [-0.1, -0.05) is 0 Å². The first-order chi connectivity index (χ1) is 13.9. The minimum Gasteiger partial charge on any atom is -0.356 e. The summed E-state index contributed by atoms with van der Waals surface area (Å²) in [5, 5.41) is 4.38. The summed E-state index contributed by atoms with van der Waals surface area (Å²) >= 11 is 0. The second kappa shape index (κ2) is 7.91. The van der Waals surface area contributed by atoms with E-state index in [9.17, 15) is 8.42 Å². The Morgan fingerprint density at radius 3 is 2.07 bits per heavy atom. The summed E-state index contributed by atoms with van der Waals surface area (Å²) in [5.41, 5.74) is 1.27. The summed E-state index contributed by atoms with van der Waals surface area (Å²) in [6, 6.07) is 2.02. The maximum absolute atomic E-state index is 13.3. The van der Waals surface area contributed by atoms with Gasteiger partial charge in [0.15, 0.2) is 0 Å². The number of hydrogen-bond donors (Lipinski definition) is 0. The number of hydrogen-bond acceptors (Lipinski definition) is 7. The molecule has 4 rings (SSSR count). The Balaban J connectivity index is 1.48. The lowest BCUT2D eigenvalue weighted by Gasteiger charge is -2.35. The van der Waals surface area contributed by atoms with Gasteiger partial charge in [-0.15, -0.1) is 0 Å². The van der Waals surface area contributed by atoms with Crippen LogP contribution in [0.5, 0.6) is 0 Å². The molecule has 2 aromatic rings. The van der Waals surface area contributed by atoms with E-state index in [1.165, 1.54) is 12.8 Å². The van der Waals surface area contributed by atoms with Crippen LogP contribution < -0.4 is 9.80 Å². The van der Waals surface area contributed by atoms with E-state index in [0.29, 0.717) is 49.0 Å². The molecule has 0 aromatic carbocycles. The summed E-state index contributed by atoms with van der Waals surface area (Å²) in [5.74, 6) is 1.82. The van der Waals surface area contributed by atoms with Crippen LogP contribution >= 0.6 is 0 Å². The molecule has 0 amide bonds. The van der Waals surface area contributed by atoms with Gasteiger partial charge in [-0.2, -0.15) is 9.40 Å². The van der Waals surface area contributed by atoms with Crippen LogP contribution in [0.4, 0.5) is 11.6 Å². The van der Waals surface area contributed by atoms with Crippen molar-refractivity contribution < 1.29 is 8.42 Å². The second-order valence-electron chi connectivity index (χ2n) is 7.64.